The summed E-state index contributed by atoms with van der Waals surface area (Å²) in [5.74, 6) is 9.75. The highest BCUT2D eigenvalue weighted by Crippen LogP contribution is 2.57. The molecule has 5 nitrogen and oxygen atoms in total. The van der Waals surface area contributed by atoms with Crippen LogP contribution in [-0.2, 0) is 22.7 Å². The number of rotatable bonds is 3. The minimum Gasteiger partial charge on any atom is -0.332 e. The fraction of sp³-hybridized carbons (Fsp3) is 0.789. The minimum atomic E-state index is -3.16. The lowest BCUT2D eigenvalue weighted by Gasteiger charge is -2.36. The molecule has 0 aliphatic carbocycles. The van der Waals surface area contributed by atoms with Crippen molar-refractivity contribution >= 4 is 15.0 Å². The second kappa shape index (κ2) is 8.65. The first-order chi connectivity index (χ1) is 12.2. The molecule has 0 N–H and O–H groups in total. The molecule has 2 aliphatic heterocycles. The molecule has 146 valence electrons. The van der Waals surface area contributed by atoms with Gasteiger partial charge in [-0.05, 0) is 17.8 Å². The lowest BCUT2D eigenvalue weighted by molar-refractivity contribution is 0.0813. The van der Waals surface area contributed by atoms with Crippen LogP contribution < -0.4 is 0 Å². The van der Waals surface area contributed by atoms with Gasteiger partial charge in [-0.1, -0.05) is 26.7 Å². The number of terminal acetylenes is 1. The van der Waals surface area contributed by atoms with Crippen molar-refractivity contribution in [2.75, 3.05) is 32.7 Å². The summed E-state index contributed by atoms with van der Waals surface area (Å²) >= 11 is 0. The maximum absolute atomic E-state index is 12.7. The Hall–Kier alpha value is -0.540. The van der Waals surface area contributed by atoms with Crippen molar-refractivity contribution in [3.63, 3.8) is 0 Å². The van der Waals surface area contributed by atoms with Crippen LogP contribution in [0.25, 0.3) is 0 Å². The van der Waals surface area contributed by atoms with Crippen LogP contribution in [0.3, 0.4) is 0 Å². The maximum atomic E-state index is 12.7. The normalized spacial score (nSPS) is 46.0. The van der Waals surface area contributed by atoms with Crippen molar-refractivity contribution in [3.05, 3.63) is 0 Å². The van der Waals surface area contributed by atoms with Gasteiger partial charge in [-0.2, -0.15) is 0 Å². The first-order valence-corrected chi connectivity index (χ1v) is 12.8. The Morgan fingerprint density at radius 2 is 1.73 bits per heavy atom. The Balaban J connectivity index is 2.11. The van der Waals surface area contributed by atoms with Crippen LogP contribution in [0.2, 0.25) is 0 Å². The molecule has 0 spiro atoms. The molecule has 2 aliphatic rings. The first kappa shape index (κ1) is 21.8. The quantitative estimate of drug-likeness (QED) is 0.521. The van der Waals surface area contributed by atoms with Crippen LogP contribution in [0.1, 0.15) is 27.2 Å². The van der Waals surface area contributed by atoms with Gasteiger partial charge >= 0.3 is 7.60 Å². The van der Waals surface area contributed by atoms with Gasteiger partial charge in [0.15, 0.2) is 0 Å². The minimum absolute atomic E-state index is 0.0288. The number of hydrogen-bond acceptors (Lipinski definition) is 5. The monoisotopic (exact) mass is 400 g/mol. The molecular weight excluding hydrogens is 370 g/mol. The summed E-state index contributed by atoms with van der Waals surface area (Å²) in [5.41, 5.74) is 0. The van der Waals surface area contributed by atoms with Gasteiger partial charge in [0.05, 0.1) is 12.3 Å². The molecule has 8 atom stereocenters. The van der Waals surface area contributed by atoms with Gasteiger partial charge in [0.2, 0.25) is 7.37 Å². The summed E-state index contributed by atoms with van der Waals surface area (Å²) in [6, 6.07) is 0. The van der Waals surface area contributed by atoms with E-state index in [4.69, 9.17) is 20.0 Å². The van der Waals surface area contributed by atoms with Gasteiger partial charge in [-0.15, -0.1) is 18.3 Å². The van der Waals surface area contributed by atoms with Gasteiger partial charge in [0.1, 0.15) is 0 Å². The predicted molar refractivity (Wildman–Crippen MR) is 104 cm³/mol. The summed E-state index contributed by atoms with van der Waals surface area (Å²) in [4.78, 5) is 0. The Morgan fingerprint density at radius 3 is 2.31 bits per heavy atom. The third-order valence-electron chi connectivity index (χ3n) is 5.93. The predicted octanol–water partition coefficient (Wildman–Crippen LogP) is 4.33. The molecule has 2 saturated heterocycles. The van der Waals surface area contributed by atoms with E-state index in [0.29, 0.717) is 30.6 Å². The molecule has 0 aromatic rings. The average Bonchev–Trinajstić information content (AvgIpc) is 2.61. The highest BCUT2D eigenvalue weighted by atomic mass is 31.2. The molecule has 0 aromatic heterocycles. The molecule has 0 aromatic carbocycles. The smallest absolute Gasteiger partial charge is 0.331 e. The fourth-order valence-electron chi connectivity index (χ4n) is 3.72. The zero-order valence-corrected chi connectivity index (χ0v) is 18.1. The Bertz CT molecular complexity index is 701. The van der Waals surface area contributed by atoms with Crippen LogP contribution in [0.4, 0.5) is 0 Å². The highest BCUT2D eigenvalue weighted by molar-refractivity contribution is 7.59. The second-order valence-corrected chi connectivity index (χ2v) is 12.5. The van der Waals surface area contributed by atoms with E-state index in [2.05, 4.69) is 31.6 Å². The van der Waals surface area contributed by atoms with E-state index in [0.717, 1.165) is 0 Å². The lowest BCUT2D eigenvalue weighted by Crippen LogP contribution is -2.34. The molecule has 2 rings (SSSR count). The SMILES string of the molecule is C#CC1CP(=O)(OC)OC(CC#CC2CP(=O)(OC)CC(C)C2C)C1C. The van der Waals surface area contributed by atoms with Gasteiger partial charge < -0.3 is 13.6 Å². The van der Waals surface area contributed by atoms with Crippen molar-refractivity contribution in [2.45, 2.75) is 33.3 Å². The molecule has 0 radical (unpaired) electrons. The van der Waals surface area contributed by atoms with E-state index < -0.39 is 15.0 Å². The second-order valence-electron chi connectivity index (χ2n) is 7.58. The van der Waals surface area contributed by atoms with E-state index >= 15 is 0 Å². The van der Waals surface area contributed by atoms with E-state index in [1.54, 1.807) is 0 Å². The van der Waals surface area contributed by atoms with Crippen LogP contribution in [-0.4, -0.2) is 38.8 Å². The maximum Gasteiger partial charge on any atom is 0.331 e. The molecule has 0 saturated carbocycles. The summed E-state index contributed by atoms with van der Waals surface area (Å²) in [7, 11) is -2.84. The topological polar surface area (TPSA) is 61.8 Å². The van der Waals surface area contributed by atoms with E-state index in [-0.39, 0.29) is 30.0 Å². The van der Waals surface area contributed by atoms with Crippen molar-refractivity contribution < 1.29 is 22.7 Å². The Kier molecular flexibility index (Phi) is 7.23. The molecule has 2 heterocycles. The average molecular weight is 400 g/mol. The van der Waals surface area contributed by atoms with Crippen molar-refractivity contribution in [2.24, 2.45) is 29.6 Å². The summed E-state index contributed by atoms with van der Waals surface area (Å²) in [6.07, 6.45) is 7.06. The van der Waals surface area contributed by atoms with E-state index in [1.807, 2.05) is 6.92 Å². The first-order valence-electron chi connectivity index (χ1n) is 9.08. The van der Waals surface area contributed by atoms with E-state index in [9.17, 15) is 9.13 Å². The molecule has 8 unspecified atom stereocenters. The van der Waals surface area contributed by atoms with Crippen molar-refractivity contribution in [1.29, 1.82) is 0 Å². The molecule has 0 amide bonds. The molecule has 26 heavy (non-hydrogen) atoms. The molecule has 7 heteroatoms. The third kappa shape index (κ3) is 4.84. The van der Waals surface area contributed by atoms with Crippen LogP contribution >= 0.6 is 15.0 Å². The lowest BCUT2D eigenvalue weighted by atomic mass is 9.85. The zero-order valence-electron chi connectivity index (χ0n) is 16.3. The van der Waals surface area contributed by atoms with Crippen molar-refractivity contribution in [3.8, 4) is 24.2 Å². The van der Waals surface area contributed by atoms with E-state index in [1.165, 1.54) is 14.2 Å². The highest BCUT2D eigenvalue weighted by Gasteiger charge is 2.42. The Morgan fingerprint density at radius 1 is 1.04 bits per heavy atom. The third-order valence-corrected chi connectivity index (χ3v) is 10.7. The summed E-state index contributed by atoms with van der Waals surface area (Å²) in [6.45, 7) is 6.25. The van der Waals surface area contributed by atoms with Gasteiger partial charge in [-0.3, -0.25) is 9.13 Å². The largest absolute Gasteiger partial charge is 0.332 e. The summed E-state index contributed by atoms with van der Waals surface area (Å²) < 4.78 is 41.4. The van der Waals surface area contributed by atoms with Gasteiger partial charge in [0, 0.05) is 44.8 Å². The fourth-order valence-corrected chi connectivity index (χ4v) is 8.32. The standard InChI is InChI=1S/C19H30O5P2/c1-7-17-13-26(21,23-6)24-19(16(17)4)10-8-9-18-12-25(20,22-5)11-14(2)15(18)3/h1,14-19H,10-13H2,2-6H3. The van der Waals surface area contributed by atoms with Crippen molar-refractivity contribution in [1.82, 2.24) is 0 Å². The molecule has 2 fully saturated rings. The summed E-state index contributed by atoms with van der Waals surface area (Å²) in [5, 5.41) is 0. The number of hydrogen-bond donors (Lipinski definition) is 0. The Labute approximate surface area is 157 Å². The van der Waals surface area contributed by atoms with Crippen LogP contribution in [0.15, 0.2) is 0 Å². The molecule has 0 bridgehead atoms. The van der Waals surface area contributed by atoms with Crippen LogP contribution in [0.5, 0.6) is 0 Å². The molecular formula is C19H30O5P2. The van der Waals surface area contributed by atoms with Gasteiger partial charge in [0.25, 0.3) is 0 Å². The van der Waals surface area contributed by atoms with Gasteiger partial charge in [-0.25, -0.2) is 0 Å². The zero-order chi connectivity index (χ0) is 19.5. The van der Waals surface area contributed by atoms with Crippen LogP contribution in [0, 0.1) is 53.8 Å².